The molecule has 1 fully saturated rings. The molecular weight excluding hydrogens is 346 g/mol. The highest BCUT2D eigenvalue weighted by atomic mass is 16.3. The molecule has 3 aromatic heterocycles. The van der Waals surface area contributed by atoms with E-state index in [1.807, 2.05) is 13.8 Å². The maximum absolute atomic E-state index is 12.7. The van der Waals surface area contributed by atoms with Gasteiger partial charge in [0.2, 0.25) is 5.91 Å². The zero-order valence-electron chi connectivity index (χ0n) is 15.4. The standard InChI is InChI=1S/C19H21N5O3/c1-12-14(13(2)22-21-12)10-18(25)23-6-8-24(9-7-23)19(26)17-11-15-16(27-17)4-3-5-20-15/h3-5,11H,6-10H2,1-2H3,(H,21,22). The first-order valence-corrected chi connectivity index (χ1v) is 8.95. The minimum atomic E-state index is -0.165. The third-order valence-corrected chi connectivity index (χ3v) is 5.03. The summed E-state index contributed by atoms with van der Waals surface area (Å²) in [5.41, 5.74) is 4.00. The van der Waals surface area contributed by atoms with E-state index in [-0.39, 0.29) is 17.6 Å². The zero-order valence-corrected chi connectivity index (χ0v) is 15.4. The van der Waals surface area contributed by atoms with Crippen LogP contribution in [0.5, 0.6) is 0 Å². The fourth-order valence-corrected chi connectivity index (χ4v) is 3.39. The lowest BCUT2D eigenvalue weighted by atomic mass is 10.1. The molecule has 0 radical (unpaired) electrons. The lowest BCUT2D eigenvalue weighted by Gasteiger charge is -2.34. The fraction of sp³-hybridized carbons (Fsp3) is 0.368. The van der Waals surface area contributed by atoms with Gasteiger partial charge in [0.25, 0.3) is 5.91 Å². The van der Waals surface area contributed by atoms with E-state index in [0.717, 1.165) is 17.0 Å². The number of nitrogens with one attached hydrogen (secondary N) is 1. The SMILES string of the molecule is Cc1n[nH]c(C)c1CC(=O)N1CCN(C(=O)c2cc3ncccc3o2)CC1. The Morgan fingerprint density at radius 1 is 1.19 bits per heavy atom. The van der Waals surface area contributed by atoms with Crippen LogP contribution in [0, 0.1) is 13.8 Å². The number of piperazine rings is 1. The van der Waals surface area contributed by atoms with Gasteiger partial charge in [-0.15, -0.1) is 0 Å². The summed E-state index contributed by atoms with van der Waals surface area (Å²) >= 11 is 0. The summed E-state index contributed by atoms with van der Waals surface area (Å²) in [5, 5.41) is 7.04. The number of carbonyl (C=O) groups excluding carboxylic acids is 2. The van der Waals surface area contributed by atoms with Crippen molar-refractivity contribution in [3.63, 3.8) is 0 Å². The molecule has 1 aliphatic heterocycles. The van der Waals surface area contributed by atoms with Crippen LogP contribution in [0.25, 0.3) is 11.1 Å². The van der Waals surface area contributed by atoms with E-state index < -0.39 is 0 Å². The summed E-state index contributed by atoms with van der Waals surface area (Å²) in [6.45, 7) is 5.81. The molecule has 0 spiro atoms. The molecular formula is C19H21N5O3. The quantitative estimate of drug-likeness (QED) is 0.760. The molecule has 0 atom stereocenters. The predicted molar refractivity (Wildman–Crippen MR) is 98.3 cm³/mol. The van der Waals surface area contributed by atoms with Crippen molar-refractivity contribution in [3.05, 3.63) is 47.1 Å². The average Bonchev–Trinajstić information content (AvgIpc) is 3.26. The summed E-state index contributed by atoms with van der Waals surface area (Å²) in [6.07, 6.45) is 2.00. The number of H-pyrrole nitrogens is 1. The van der Waals surface area contributed by atoms with Gasteiger partial charge in [-0.25, -0.2) is 0 Å². The van der Waals surface area contributed by atoms with E-state index in [2.05, 4.69) is 15.2 Å². The van der Waals surface area contributed by atoms with Crippen LogP contribution in [0.4, 0.5) is 0 Å². The van der Waals surface area contributed by atoms with Crippen molar-refractivity contribution in [2.75, 3.05) is 26.2 Å². The molecule has 0 saturated carbocycles. The molecule has 4 rings (SSSR count). The number of hydrogen-bond donors (Lipinski definition) is 1. The largest absolute Gasteiger partial charge is 0.449 e. The summed E-state index contributed by atoms with van der Waals surface area (Å²) in [4.78, 5) is 33.0. The zero-order chi connectivity index (χ0) is 19.0. The first-order valence-electron chi connectivity index (χ1n) is 8.95. The van der Waals surface area contributed by atoms with E-state index in [9.17, 15) is 9.59 Å². The van der Waals surface area contributed by atoms with Crippen molar-refractivity contribution in [2.24, 2.45) is 0 Å². The summed E-state index contributed by atoms with van der Waals surface area (Å²) in [6, 6.07) is 5.23. The van der Waals surface area contributed by atoms with Gasteiger partial charge in [0.1, 0.15) is 5.52 Å². The molecule has 8 nitrogen and oxygen atoms in total. The highest BCUT2D eigenvalue weighted by molar-refractivity contribution is 5.95. The number of aromatic amines is 1. The predicted octanol–water partition coefficient (Wildman–Crippen LogP) is 1.69. The molecule has 0 aliphatic carbocycles. The Balaban J connectivity index is 1.38. The van der Waals surface area contributed by atoms with Crippen LogP contribution in [-0.2, 0) is 11.2 Å². The molecule has 0 unspecified atom stereocenters. The lowest BCUT2D eigenvalue weighted by Crippen LogP contribution is -2.51. The molecule has 27 heavy (non-hydrogen) atoms. The Kier molecular flexibility index (Phi) is 4.39. The molecule has 2 amide bonds. The maximum atomic E-state index is 12.7. The molecule has 8 heteroatoms. The van der Waals surface area contributed by atoms with Gasteiger partial charge in [0, 0.05) is 49.7 Å². The van der Waals surface area contributed by atoms with Crippen molar-refractivity contribution in [3.8, 4) is 0 Å². The van der Waals surface area contributed by atoms with E-state index in [1.54, 1.807) is 34.2 Å². The number of hydrogen-bond acceptors (Lipinski definition) is 5. The van der Waals surface area contributed by atoms with Gasteiger partial charge in [0.15, 0.2) is 11.3 Å². The molecule has 0 aromatic carbocycles. The number of amides is 2. The first kappa shape index (κ1) is 17.3. The topological polar surface area (TPSA) is 95.3 Å². The minimum absolute atomic E-state index is 0.0580. The molecule has 1 N–H and O–H groups in total. The first-order chi connectivity index (χ1) is 13.0. The number of nitrogens with zero attached hydrogens (tertiary/aromatic N) is 4. The number of aromatic nitrogens is 3. The third kappa shape index (κ3) is 3.30. The Morgan fingerprint density at radius 3 is 2.59 bits per heavy atom. The summed E-state index contributed by atoms with van der Waals surface area (Å²) < 4.78 is 5.61. The highest BCUT2D eigenvalue weighted by Gasteiger charge is 2.27. The van der Waals surface area contributed by atoms with Crippen molar-refractivity contribution in [2.45, 2.75) is 20.3 Å². The number of aryl methyl sites for hydroxylation is 2. The van der Waals surface area contributed by atoms with Gasteiger partial charge in [-0.05, 0) is 26.0 Å². The summed E-state index contributed by atoms with van der Waals surface area (Å²) in [5.74, 6) is 0.178. The van der Waals surface area contributed by atoms with Crippen LogP contribution < -0.4 is 0 Å². The van der Waals surface area contributed by atoms with E-state index in [0.29, 0.717) is 43.7 Å². The van der Waals surface area contributed by atoms with Gasteiger partial charge in [-0.3, -0.25) is 19.7 Å². The van der Waals surface area contributed by atoms with Gasteiger partial charge in [0.05, 0.1) is 12.1 Å². The molecule has 1 aliphatic rings. The fourth-order valence-electron chi connectivity index (χ4n) is 3.39. The van der Waals surface area contributed by atoms with Crippen LogP contribution >= 0.6 is 0 Å². The van der Waals surface area contributed by atoms with Crippen molar-refractivity contribution < 1.29 is 14.0 Å². The average molecular weight is 367 g/mol. The van der Waals surface area contributed by atoms with Crippen LogP contribution in [0.15, 0.2) is 28.8 Å². The van der Waals surface area contributed by atoms with E-state index in [4.69, 9.17) is 4.42 Å². The van der Waals surface area contributed by atoms with Crippen LogP contribution in [-0.4, -0.2) is 63.0 Å². The Morgan fingerprint density at radius 2 is 1.93 bits per heavy atom. The van der Waals surface area contributed by atoms with Gasteiger partial charge in [-0.1, -0.05) is 0 Å². The molecule has 0 bridgehead atoms. The van der Waals surface area contributed by atoms with Crippen LogP contribution in [0.2, 0.25) is 0 Å². The minimum Gasteiger partial charge on any atom is -0.449 e. The van der Waals surface area contributed by atoms with Gasteiger partial charge >= 0.3 is 0 Å². The second-order valence-corrected chi connectivity index (χ2v) is 6.76. The summed E-state index contributed by atoms with van der Waals surface area (Å²) in [7, 11) is 0. The maximum Gasteiger partial charge on any atom is 0.289 e. The number of pyridine rings is 1. The van der Waals surface area contributed by atoms with Gasteiger partial charge in [-0.2, -0.15) is 5.10 Å². The van der Waals surface area contributed by atoms with E-state index in [1.165, 1.54) is 0 Å². The lowest BCUT2D eigenvalue weighted by molar-refractivity contribution is -0.131. The Labute approximate surface area is 156 Å². The van der Waals surface area contributed by atoms with Crippen molar-refractivity contribution >= 4 is 22.9 Å². The number of fused-ring (bicyclic) bond motifs is 1. The molecule has 4 heterocycles. The Bertz CT molecular complexity index is 945. The van der Waals surface area contributed by atoms with Crippen LogP contribution in [0.3, 0.4) is 0 Å². The van der Waals surface area contributed by atoms with Crippen LogP contribution in [0.1, 0.15) is 27.5 Å². The third-order valence-electron chi connectivity index (χ3n) is 5.03. The number of carbonyl (C=O) groups is 2. The molecule has 1 saturated heterocycles. The molecule has 3 aromatic rings. The van der Waals surface area contributed by atoms with Crippen molar-refractivity contribution in [1.82, 2.24) is 25.0 Å². The highest BCUT2D eigenvalue weighted by Crippen LogP contribution is 2.19. The number of rotatable bonds is 3. The molecule has 140 valence electrons. The van der Waals surface area contributed by atoms with E-state index >= 15 is 0 Å². The van der Waals surface area contributed by atoms with Crippen molar-refractivity contribution in [1.29, 1.82) is 0 Å². The van der Waals surface area contributed by atoms with Gasteiger partial charge < -0.3 is 14.2 Å². The smallest absolute Gasteiger partial charge is 0.289 e. The normalized spacial score (nSPS) is 14.7. The number of furan rings is 1. The monoisotopic (exact) mass is 367 g/mol. The second kappa shape index (κ2) is 6.86. The second-order valence-electron chi connectivity index (χ2n) is 6.76. The Hall–Kier alpha value is -3.16.